The molecule has 0 radical (unpaired) electrons. The topological polar surface area (TPSA) is 49.3 Å². The smallest absolute Gasteiger partial charge is 0.156 e. The Bertz CT molecular complexity index is 611. The molecule has 1 aromatic carbocycles. The number of hydrogen-bond donors (Lipinski definition) is 0. The minimum Gasteiger partial charge on any atom is -0.490 e. The van der Waals surface area contributed by atoms with Gasteiger partial charge < -0.3 is 19.0 Å². The van der Waals surface area contributed by atoms with E-state index in [-0.39, 0.29) is 11.1 Å². The van der Waals surface area contributed by atoms with Crippen LogP contribution in [0.3, 0.4) is 0 Å². The van der Waals surface area contributed by atoms with E-state index in [9.17, 15) is 0 Å². The second-order valence-electron chi connectivity index (χ2n) is 5.02. The molecule has 0 saturated heterocycles. The van der Waals surface area contributed by atoms with Crippen LogP contribution in [-0.2, 0) is 9.57 Å². The fourth-order valence-corrected chi connectivity index (χ4v) is 2.46. The average Bonchev–Trinajstić information content (AvgIpc) is 2.61. The quantitative estimate of drug-likeness (QED) is 0.148. The maximum atomic E-state index is 6.20. The molecule has 1 rings (SSSR count). The molecule has 0 fully saturated rings. The largest absolute Gasteiger partial charge is 0.490 e. The van der Waals surface area contributed by atoms with E-state index in [1.165, 1.54) is 6.08 Å². The molecule has 5 nitrogen and oxygen atoms in total. The van der Waals surface area contributed by atoms with Gasteiger partial charge in [-0.2, -0.15) is 0 Å². The van der Waals surface area contributed by atoms with Gasteiger partial charge in [-0.25, -0.2) is 0 Å². The third-order valence-corrected chi connectivity index (χ3v) is 3.79. The van der Waals surface area contributed by atoms with Gasteiger partial charge in [0.25, 0.3) is 0 Å². The molecule has 0 aromatic heterocycles. The maximum Gasteiger partial charge on any atom is 0.156 e. The first kappa shape index (κ1) is 23.9. The van der Waals surface area contributed by atoms with E-state index in [2.05, 4.69) is 11.7 Å². The van der Waals surface area contributed by atoms with E-state index in [4.69, 9.17) is 65.5 Å². The zero-order valence-electron chi connectivity index (χ0n) is 14.6. The average molecular weight is 457 g/mol. The van der Waals surface area contributed by atoms with E-state index in [1.54, 1.807) is 24.4 Å². The Balaban J connectivity index is 2.25. The highest BCUT2D eigenvalue weighted by molar-refractivity contribution is 6.55. The molecular weight excluding hydrogens is 436 g/mol. The second kappa shape index (κ2) is 14.9. The van der Waals surface area contributed by atoms with Crippen molar-refractivity contribution in [2.75, 3.05) is 33.0 Å². The van der Waals surface area contributed by atoms with Crippen molar-refractivity contribution in [3.63, 3.8) is 0 Å². The van der Waals surface area contributed by atoms with Crippen molar-refractivity contribution in [3.05, 3.63) is 45.4 Å². The number of unbranched alkanes of at least 4 members (excludes halogenated alkanes) is 1. The fraction of sp³-hybridized carbons (Fsp3) is 0.389. The molecule has 0 unspecified atom stereocenters. The van der Waals surface area contributed by atoms with Crippen molar-refractivity contribution in [1.29, 1.82) is 0 Å². The first-order chi connectivity index (χ1) is 13.0. The normalized spacial score (nSPS) is 10.7. The standard InChI is InChI=1S/C18H21Cl4NO4/c1-2-7-27-23-6-11-24-8-3-4-9-26-18-15(19)12-14(13-16(18)20)25-10-5-17(21)22/h2,5-6,12-13H,1,3-4,7-11H2/b23-6+. The molecule has 0 N–H and O–H groups in total. The van der Waals surface area contributed by atoms with Crippen LogP contribution in [0, 0.1) is 0 Å². The maximum absolute atomic E-state index is 6.20. The fourth-order valence-electron chi connectivity index (χ4n) is 1.75. The van der Waals surface area contributed by atoms with Gasteiger partial charge in [0.1, 0.15) is 23.5 Å². The SMILES string of the molecule is C=CCO/N=C/COCCCCOc1c(Cl)cc(OCC=C(Cl)Cl)cc1Cl. The third-order valence-electron chi connectivity index (χ3n) is 2.92. The molecule has 27 heavy (non-hydrogen) atoms. The van der Waals surface area contributed by atoms with Crippen LogP contribution in [0.5, 0.6) is 11.5 Å². The Labute approximate surface area is 179 Å². The van der Waals surface area contributed by atoms with Gasteiger partial charge in [0.2, 0.25) is 0 Å². The van der Waals surface area contributed by atoms with Crippen LogP contribution in [0.15, 0.2) is 40.5 Å². The molecule has 0 saturated carbocycles. The predicted octanol–water partition coefficient (Wildman–Crippen LogP) is 6.06. The molecule has 0 atom stereocenters. The number of hydrogen-bond acceptors (Lipinski definition) is 5. The number of oxime groups is 1. The number of halogens is 4. The van der Waals surface area contributed by atoms with Crippen molar-refractivity contribution in [1.82, 2.24) is 0 Å². The van der Waals surface area contributed by atoms with Crippen molar-refractivity contribution in [2.24, 2.45) is 5.16 Å². The summed E-state index contributed by atoms with van der Waals surface area (Å²) in [5, 5.41) is 4.42. The Hall–Kier alpha value is -1.11. The summed E-state index contributed by atoms with van der Waals surface area (Å²) < 4.78 is 16.6. The highest BCUT2D eigenvalue weighted by atomic mass is 35.5. The van der Waals surface area contributed by atoms with Gasteiger partial charge in [-0.3, -0.25) is 0 Å². The summed E-state index contributed by atoms with van der Waals surface area (Å²) in [7, 11) is 0. The Morgan fingerprint density at radius 1 is 1.00 bits per heavy atom. The summed E-state index contributed by atoms with van der Waals surface area (Å²) >= 11 is 23.4. The summed E-state index contributed by atoms with van der Waals surface area (Å²) in [5.41, 5.74) is 0. The molecule has 0 aliphatic heterocycles. The Morgan fingerprint density at radius 3 is 2.37 bits per heavy atom. The van der Waals surface area contributed by atoms with Crippen molar-refractivity contribution in [2.45, 2.75) is 12.8 Å². The van der Waals surface area contributed by atoms with Crippen molar-refractivity contribution >= 4 is 52.6 Å². The van der Waals surface area contributed by atoms with Gasteiger partial charge in [0.15, 0.2) is 5.75 Å². The predicted molar refractivity (Wildman–Crippen MR) is 112 cm³/mol. The lowest BCUT2D eigenvalue weighted by molar-refractivity contribution is 0.150. The second-order valence-corrected chi connectivity index (χ2v) is 6.85. The zero-order valence-corrected chi connectivity index (χ0v) is 17.7. The van der Waals surface area contributed by atoms with E-state index < -0.39 is 0 Å². The van der Waals surface area contributed by atoms with Crippen LogP contribution in [0.25, 0.3) is 0 Å². The molecule has 1 aromatic rings. The molecule has 0 heterocycles. The van der Waals surface area contributed by atoms with Crippen LogP contribution < -0.4 is 9.47 Å². The molecule has 0 aliphatic rings. The lowest BCUT2D eigenvalue weighted by Gasteiger charge is -2.12. The van der Waals surface area contributed by atoms with Crippen LogP contribution in [0.4, 0.5) is 0 Å². The van der Waals surface area contributed by atoms with Crippen LogP contribution in [-0.4, -0.2) is 39.2 Å². The van der Waals surface area contributed by atoms with Gasteiger partial charge in [-0.05, 0) is 18.9 Å². The van der Waals surface area contributed by atoms with E-state index in [1.807, 2.05) is 0 Å². The van der Waals surface area contributed by atoms with Gasteiger partial charge >= 0.3 is 0 Å². The summed E-state index contributed by atoms with van der Waals surface area (Å²) in [6.45, 7) is 5.54. The van der Waals surface area contributed by atoms with Gasteiger partial charge in [0, 0.05) is 18.7 Å². The Morgan fingerprint density at radius 2 is 1.70 bits per heavy atom. The van der Waals surface area contributed by atoms with Gasteiger partial charge in [-0.15, -0.1) is 0 Å². The van der Waals surface area contributed by atoms with Crippen LogP contribution in [0.1, 0.15) is 12.8 Å². The van der Waals surface area contributed by atoms with E-state index in [0.29, 0.717) is 48.0 Å². The lowest BCUT2D eigenvalue weighted by Crippen LogP contribution is -2.03. The van der Waals surface area contributed by atoms with Gasteiger partial charge in [0.05, 0.1) is 29.5 Å². The highest BCUT2D eigenvalue weighted by Crippen LogP contribution is 2.37. The summed E-state index contributed by atoms with van der Waals surface area (Å²) in [4.78, 5) is 4.84. The molecule has 0 amide bonds. The molecule has 0 bridgehead atoms. The van der Waals surface area contributed by atoms with Crippen LogP contribution >= 0.6 is 46.4 Å². The summed E-state index contributed by atoms with van der Waals surface area (Å²) in [6.07, 6.45) is 6.29. The Kier molecular flexibility index (Phi) is 13.2. The first-order valence-corrected chi connectivity index (χ1v) is 9.64. The zero-order chi connectivity index (χ0) is 19.9. The van der Waals surface area contributed by atoms with E-state index >= 15 is 0 Å². The highest BCUT2D eigenvalue weighted by Gasteiger charge is 2.10. The molecular formula is C18H21Cl4NO4. The van der Waals surface area contributed by atoms with E-state index in [0.717, 1.165) is 12.8 Å². The number of ether oxygens (including phenoxy) is 3. The minimum absolute atomic E-state index is 0.129. The van der Waals surface area contributed by atoms with Gasteiger partial charge in [-0.1, -0.05) is 64.2 Å². The number of nitrogens with zero attached hydrogens (tertiary/aromatic N) is 1. The van der Waals surface area contributed by atoms with Crippen molar-refractivity contribution in [3.8, 4) is 11.5 Å². The monoisotopic (exact) mass is 455 g/mol. The molecule has 0 spiro atoms. The summed E-state index contributed by atoms with van der Waals surface area (Å²) in [6, 6.07) is 3.24. The lowest BCUT2D eigenvalue weighted by atomic mass is 10.3. The van der Waals surface area contributed by atoms with Crippen LogP contribution in [0.2, 0.25) is 10.0 Å². The third kappa shape index (κ3) is 11.4. The number of rotatable bonds is 14. The minimum atomic E-state index is 0.129. The first-order valence-electron chi connectivity index (χ1n) is 8.12. The molecule has 0 aliphatic carbocycles. The molecule has 150 valence electrons. The number of benzene rings is 1. The molecule has 9 heteroatoms. The summed E-state index contributed by atoms with van der Waals surface area (Å²) in [5.74, 6) is 0.916. The van der Waals surface area contributed by atoms with Crippen molar-refractivity contribution < 1.29 is 19.0 Å².